The van der Waals surface area contributed by atoms with Gasteiger partial charge in [0.2, 0.25) is 0 Å². The maximum Gasteiger partial charge on any atom is 0.258 e. The lowest BCUT2D eigenvalue weighted by Gasteiger charge is -2.34. The Kier molecular flexibility index (Phi) is 6.30. The molecule has 8 heteroatoms. The number of halogens is 1. The van der Waals surface area contributed by atoms with Crippen molar-refractivity contribution in [3.05, 3.63) is 64.9 Å². The average Bonchev–Trinajstić information content (AvgIpc) is 3.23. The Morgan fingerprint density at radius 2 is 1.90 bits per heavy atom. The molecule has 4 rings (SSSR count). The third-order valence-electron chi connectivity index (χ3n) is 4.98. The molecule has 1 saturated heterocycles. The number of nitrogens with zero attached hydrogens (tertiary/aromatic N) is 4. The zero-order valence-corrected chi connectivity index (χ0v) is 17.5. The number of piperazine rings is 1. The van der Waals surface area contributed by atoms with Crippen LogP contribution in [-0.2, 0) is 6.54 Å². The zero-order chi connectivity index (χ0) is 20.9. The van der Waals surface area contributed by atoms with Crippen LogP contribution >= 0.6 is 11.6 Å². The van der Waals surface area contributed by atoms with Gasteiger partial charge in [-0.1, -0.05) is 22.8 Å². The Morgan fingerprint density at radius 1 is 1.13 bits per heavy atom. The highest BCUT2D eigenvalue weighted by Gasteiger charge is 2.23. The molecule has 1 aromatic heterocycles. The molecule has 0 radical (unpaired) electrons. The van der Waals surface area contributed by atoms with E-state index >= 15 is 0 Å². The van der Waals surface area contributed by atoms with E-state index in [2.05, 4.69) is 15.0 Å². The van der Waals surface area contributed by atoms with Crippen LogP contribution in [0, 0.1) is 0 Å². The number of ether oxygens (including phenoxy) is 1. The number of rotatable bonds is 6. The van der Waals surface area contributed by atoms with E-state index < -0.39 is 0 Å². The summed E-state index contributed by atoms with van der Waals surface area (Å²) >= 11 is 6.03. The van der Waals surface area contributed by atoms with Gasteiger partial charge >= 0.3 is 0 Å². The summed E-state index contributed by atoms with van der Waals surface area (Å²) in [5, 5.41) is 4.70. The Hall–Kier alpha value is -2.90. The molecule has 1 fully saturated rings. The third kappa shape index (κ3) is 4.80. The molecule has 0 spiro atoms. The first-order valence-electron chi connectivity index (χ1n) is 9.95. The molecule has 2 aromatic carbocycles. The van der Waals surface area contributed by atoms with Gasteiger partial charge in [-0.25, -0.2) is 0 Å². The Morgan fingerprint density at radius 3 is 2.60 bits per heavy atom. The number of carbonyl (C=O) groups excluding carboxylic acids is 1. The minimum atomic E-state index is 0.0421. The quantitative estimate of drug-likeness (QED) is 0.597. The second kappa shape index (κ2) is 9.28. The molecule has 156 valence electrons. The molecule has 1 aliphatic heterocycles. The van der Waals surface area contributed by atoms with E-state index in [1.165, 1.54) is 0 Å². The van der Waals surface area contributed by atoms with Crippen LogP contribution < -0.4 is 4.74 Å². The summed E-state index contributed by atoms with van der Waals surface area (Å²) in [7, 11) is 0. The first-order valence-corrected chi connectivity index (χ1v) is 10.3. The van der Waals surface area contributed by atoms with Crippen LogP contribution in [-0.4, -0.2) is 58.6 Å². The molecule has 0 atom stereocenters. The summed E-state index contributed by atoms with van der Waals surface area (Å²) in [4.78, 5) is 21.3. The van der Waals surface area contributed by atoms with Crippen LogP contribution in [0.2, 0.25) is 5.02 Å². The fourth-order valence-electron chi connectivity index (χ4n) is 3.41. The standard InChI is InChI=1S/C22H23ClN4O3/c1-2-29-19-8-6-16(7-9-19)22(28)27-12-10-26(11-13-27)15-20-24-21(30-25-20)17-4-3-5-18(23)14-17/h3-9,14H,2,10-13,15H2,1H3. The van der Waals surface area contributed by atoms with Gasteiger partial charge in [-0.2, -0.15) is 4.98 Å². The fraction of sp³-hybridized carbons (Fsp3) is 0.318. The average molecular weight is 427 g/mol. The molecule has 7 nitrogen and oxygen atoms in total. The van der Waals surface area contributed by atoms with Crippen molar-refractivity contribution in [3.8, 4) is 17.2 Å². The van der Waals surface area contributed by atoms with E-state index in [4.69, 9.17) is 20.9 Å². The topological polar surface area (TPSA) is 71.7 Å². The van der Waals surface area contributed by atoms with Crippen molar-refractivity contribution in [2.75, 3.05) is 32.8 Å². The van der Waals surface area contributed by atoms with E-state index in [-0.39, 0.29) is 5.91 Å². The summed E-state index contributed by atoms with van der Waals surface area (Å²) in [6.45, 7) is 5.94. The van der Waals surface area contributed by atoms with E-state index in [1.807, 2.05) is 48.2 Å². The number of benzene rings is 2. The van der Waals surface area contributed by atoms with Gasteiger partial charge in [0.15, 0.2) is 5.82 Å². The van der Waals surface area contributed by atoms with Crippen LogP contribution in [0.3, 0.4) is 0 Å². The van der Waals surface area contributed by atoms with Gasteiger partial charge in [-0.3, -0.25) is 9.69 Å². The number of hydrogen-bond acceptors (Lipinski definition) is 6. The molecule has 1 amide bonds. The molecule has 0 unspecified atom stereocenters. The van der Waals surface area contributed by atoms with Crippen LogP contribution in [0.4, 0.5) is 0 Å². The molecular formula is C22H23ClN4O3. The summed E-state index contributed by atoms with van der Waals surface area (Å²) in [6, 6.07) is 14.6. The minimum absolute atomic E-state index is 0.0421. The van der Waals surface area contributed by atoms with E-state index in [9.17, 15) is 4.79 Å². The highest BCUT2D eigenvalue weighted by Crippen LogP contribution is 2.21. The van der Waals surface area contributed by atoms with Crippen molar-refractivity contribution in [2.24, 2.45) is 0 Å². The van der Waals surface area contributed by atoms with Gasteiger partial charge in [0.1, 0.15) is 5.75 Å². The smallest absolute Gasteiger partial charge is 0.258 e. The first-order chi connectivity index (χ1) is 14.6. The summed E-state index contributed by atoms with van der Waals surface area (Å²) in [5.41, 5.74) is 1.48. The van der Waals surface area contributed by atoms with Crippen molar-refractivity contribution in [2.45, 2.75) is 13.5 Å². The highest BCUT2D eigenvalue weighted by molar-refractivity contribution is 6.30. The van der Waals surface area contributed by atoms with Crippen LogP contribution in [0.1, 0.15) is 23.1 Å². The SMILES string of the molecule is CCOc1ccc(C(=O)N2CCN(Cc3noc(-c4cccc(Cl)c4)n3)CC2)cc1. The van der Waals surface area contributed by atoms with Crippen molar-refractivity contribution >= 4 is 17.5 Å². The maximum atomic E-state index is 12.7. The molecule has 0 bridgehead atoms. The fourth-order valence-corrected chi connectivity index (χ4v) is 3.60. The van der Waals surface area contributed by atoms with Gasteiger partial charge in [-0.05, 0) is 49.4 Å². The van der Waals surface area contributed by atoms with Gasteiger partial charge in [0.25, 0.3) is 11.8 Å². The Labute approximate surface area is 180 Å². The highest BCUT2D eigenvalue weighted by atomic mass is 35.5. The minimum Gasteiger partial charge on any atom is -0.494 e. The second-order valence-corrected chi connectivity index (χ2v) is 7.49. The number of amides is 1. The maximum absolute atomic E-state index is 12.7. The number of aromatic nitrogens is 2. The normalized spacial score (nSPS) is 14.7. The van der Waals surface area contributed by atoms with Gasteiger partial charge in [0, 0.05) is 42.3 Å². The van der Waals surface area contributed by atoms with Crippen LogP contribution in [0.5, 0.6) is 5.75 Å². The summed E-state index contributed by atoms with van der Waals surface area (Å²) in [5.74, 6) is 1.89. The predicted molar refractivity (Wildman–Crippen MR) is 114 cm³/mol. The van der Waals surface area contributed by atoms with Crippen molar-refractivity contribution < 1.29 is 14.1 Å². The van der Waals surface area contributed by atoms with Crippen LogP contribution in [0.25, 0.3) is 11.5 Å². The molecule has 30 heavy (non-hydrogen) atoms. The molecule has 0 N–H and O–H groups in total. The summed E-state index contributed by atoms with van der Waals surface area (Å²) < 4.78 is 10.8. The number of hydrogen-bond donors (Lipinski definition) is 0. The molecule has 0 saturated carbocycles. The van der Waals surface area contributed by atoms with E-state index in [1.54, 1.807) is 12.1 Å². The first kappa shape index (κ1) is 20.4. The molecular weight excluding hydrogens is 404 g/mol. The van der Waals surface area contributed by atoms with E-state index in [0.29, 0.717) is 48.5 Å². The van der Waals surface area contributed by atoms with Crippen molar-refractivity contribution in [3.63, 3.8) is 0 Å². The molecule has 2 heterocycles. The summed E-state index contributed by atoms with van der Waals surface area (Å²) in [6.07, 6.45) is 0. The molecule has 0 aliphatic carbocycles. The Bertz CT molecular complexity index is 998. The zero-order valence-electron chi connectivity index (χ0n) is 16.8. The van der Waals surface area contributed by atoms with Crippen LogP contribution in [0.15, 0.2) is 53.1 Å². The lowest BCUT2D eigenvalue weighted by Crippen LogP contribution is -2.48. The van der Waals surface area contributed by atoms with Crippen molar-refractivity contribution in [1.82, 2.24) is 19.9 Å². The predicted octanol–water partition coefficient (Wildman–Crippen LogP) is 3.75. The Balaban J connectivity index is 1.31. The monoisotopic (exact) mass is 426 g/mol. The third-order valence-corrected chi connectivity index (χ3v) is 5.21. The lowest BCUT2D eigenvalue weighted by atomic mass is 10.1. The lowest BCUT2D eigenvalue weighted by molar-refractivity contribution is 0.0624. The van der Waals surface area contributed by atoms with E-state index in [0.717, 1.165) is 24.4 Å². The molecule has 3 aromatic rings. The molecule has 1 aliphatic rings. The van der Waals surface area contributed by atoms with Crippen molar-refractivity contribution in [1.29, 1.82) is 0 Å². The second-order valence-electron chi connectivity index (χ2n) is 7.05. The van der Waals surface area contributed by atoms with Gasteiger partial charge in [-0.15, -0.1) is 0 Å². The number of carbonyl (C=O) groups is 1. The van der Waals surface area contributed by atoms with Gasteiger partial charge in [0.05, 0.1) is 13.2 Å². The largest absolute Gasteiger partial charge is 0.494 e. The van der Waals surface area contributed by atoms with Gasteiger partial charge < -0.3 is 14.2 Å².